The van der Waals surface area contributed by atoms with Crippen molar-refractivity contribution in [3.05, 3.63) is 22.4 Å². The summed E-state index contributed by atoms with van der Waals surface area (Å²) in [6, 6.07) is 4.32. The number of thiophene rings is 1. The fraction of sp³-hybridized carbons (Fsp3) is 0.722. The van der Waals surface area contributed by atoms with E-state index in [1.165, 1.54) is 37.0 Å². The standard InChI is InChI=1S/C18H27NO2S/c20-17(13-15-5-2-1-3-6-15)19-14-18(8-10-21-11-9-18)16-7-4-12-22-16/h4,7,12,15H,1-3,5-6,8-11,13-14H2,(H,19,20). The van der Waals surface area contributed by atoms with Crippen molar-refractivity contribution in [3.63, 3.8) is 0 Å². The van der Waals surface area contributed by atoms with Crippen molar-refractivity contribution in [2.45, 2.75) is 56.8 Å². The fourth-order valence-electron chi connectivity index (χ4n) is 3.85. The van der Waals surface area contributed by atoms with Gasteiger partial charge in [0.25, 0.3) is 0 Å². The van der Waals surface area contributed by atoms with Crippen LogP contribution in [0.2, 0.25) is 0 Å². The largest absolute Gasteiger partial charge is 0.381 e. The minimum Gasteiger partial charge on any atom is -0.381 e. The van der Waals surface area contributed by atoms with Crippen molar-refractivity contribution in [2.24, 2.45) is 5.92 Å². The van der Waals surface area contributed by atoms with Crippen LogP contribution in [0.5, 0.6) is 0 Å². The minimum atomic E-state index is 0.0919. The van der Waals surface area contributed by atoms with Gasteiger partial charge in [-0.1, -0.05) is 25.3 Å². The van der Waals surface area contributed by atoms with Gasteiger partial charge in [-0.15, -0.1) is 11.3 Å². The normalized spacial score (nSPS) is 22.4. The summed E-state index contributed by atoms with van der Waals surface area (Å²) in [6.07, 6.45) is 9.16. The molecule has 0 spiro atoms. The molecule has 0 unspecified atom stereocenters. The molecule has 1 saturated heterocycles. The first-order valence-corrected chi connectivity index (χ1v) is 9.55. The van der Waals surface area contributed by atoms with Crippen LogP contribution in [0, 0.1) is 5.92 Å². The molecule has 0 radical (unpaired) electrons. The second kappa shape index (κ2) is 7.60. The molecule has 0 aromatic carbocycles. The predicted octanol–water partition coefficient (Wildman–Crippen LogP) is 3.88. The molecular weight excluding hydrogens is 294 g/mol. The Kier molecular flexibility index (Phi) is 5.53. The smallest absolute Gasteiger partial charge is 0.220 e. The molecule has 2 aliphatic rings. The van der Waals surface area contributed by atoms with Gasteiger partial charge in [0.05, 0.1) is 0 Å². The fourth-order valence-corrected chi connectivity index (χ4v) is 4.83. The Morgan fingerprint density at radius 2 is 2.05 bits per heavy atom. The first-order chi connectivity index (χ1) is 10.8. The molecule has 1 aromatic rings. The number of hydrogen-bond donors (Lipinski definition) is 1. The van der Waals surface area contributed by atoms with E-state index in [9.17, 15) is 4.79 Å². The lowest BCUT2D eigenvalue weighted by molar-refractivity contribution is -0.122. The zero-order valence-corrected chi connectivity index (χ0v) is 14.1. The van der Waals surface area contributed by atoms with Crippen LogP contribution in [-0.2, 0) is 14.9 Å². The summed E-state index contributed by atoms with van der Waals surface area (Å²) in [7, 11) is 0. The van der Waals surface area contributed by atoms with Gasteiger partial charge >= 0.3 is 0 Å². The molecule has 0 atom stereocenters. The van der Waals surface area contributed by atoms with E-state index < -0.39 is 0 Å². The summed E-state index contributed by atoms with van der Waals surface area (Å²) < 4.78 is 5.54. The first-order valence-electron chi connectivity index (χ1n) is 8.67. The van der Waals surface area contributed by atoms with Crippen LogP contribution in [0.15, 0.2) is 17.5 Å². The second-order valence-corrected chi connectivity index (χ2v) is 7.80. The maximum atomic E-state index is 12.3. The van der Waals surface area contributed by atoms with E-state index in [2.05, 4.69) is 22.8 Å². The highest BCUT2D eigenvalue weighted by atomic mass is 32.1. The summed E-state index contributed by atoms with van der Waals surface area (Å²) in [6.45, 7) is 2.37. The van der Waals surface area contributed by atoms with E-state index in [1.807, 2.05) is 11.3 Å². The average molecular weight is 321 g/mol. The summed E-state index contributed by atoms with van der Waals surface area (Å²) in [5.41, 5.74) is 0.0919. The van der Waals surface area contributed by atoms with E-state index in [0.717, 1.165) is 39.0 Å². The molecule has 3 nitrogen and oxygen atoms in total. The summed E-state index contributed by atoms with van der Waals surface area (Å²) in [4.78, 5) is 13.7. The summed E-state index contributed by atoms with van der Waals surface area (Å²) >= 11 is 1.81. The van der Waals surface area contributed by atoms with Crippen LogP contribution in [0.4, 0.5) is 0 Å². The highest BCUT2D eigenvalue weighted by Gasteiger charge is 2.35. The Labute approximate surface area is 137 Å². The highest BCUT2D eigenvalue weighted by Crippen LogP contribution is 2.37. The van der Waals surface area contributed by atoms with Gasteiger partial charge in [0.15, 0.2) is 0 Å². The van der Waals surface area contributed by atoms with Crippen molar-refractivity contribution in [1.29, 1.82) is 0 Å². The molecule has 22 heavy (non-hydrogen) atoms. The van der Waals surface area contributed by atoms with Gasteiger partial charge in [0, 0.05) is 36.5 Å². The molecule has 1 amide bonds. The Bertz CT molecular complexity index is 459. The number of carbonyl (C=O) groups is 1. The molecule has 1 aliphatic heterocycles. The predicted molar refractivity (Wildman–Crippen MR) is 90.3 cm³/mol. The number of hydrogen-bond acceptors (Lipinski definition) is 3. The van der Waals surface area contributed by atoms with Crippen LogP contribution in [0.1, 0.15) is 56.2 Å². The van der Waals surface area contributed by atoms with Crippen LogP contribution in [0.25, 0.3) is 0 Å². The maximum absolute atomic E-state index is 12.3. The molecule has 2 fully saturated rings. The molecule has 1 aliphatic carbocycles. The third-order valence-corrected chi connectivity index (χ3v) is 6.43. The molecule has 1 N–H and O–H groups in total. The lowest BCUT2D eigenvalue weighted by atomic mass is 9.78. The molecule has 4 heteroatoms. The van der Waals surface area contributed by atoms with Crippen molar-refractivity contribution in [2.75, 3.05) is 19.8 Å². The van der Waals surface area contributed by atoms with Gasteiger partial charge in [-0.2, -0.15) is 0 Å². The second-order valence-electron chi connectivity index (χ2n) is 6.85. The first kappa shape index (κ1) is 16.0. The van der Waals surface area contributed by atoms with Gasteiger partial charge in [-0.25, -0.2) is 0 Å². The van der Waals surface area contributed by atoms with Crippen molar-refractivity contribution < 1.29 is 9.53 Å². The maximum Gasteiger partial charge on any atom is 0.220 e. The van der Waals surface area contributed by atoms with Gasteiger partial charge in [0.2, 0.25) is 5.91 Å². The summed E-state index contributed by atoms with van der Waals surface area (Å²) in [5.74, 6) is 0.857. The van der Waals surface area contributed by atoms with Crippen LogP contribution in [0.3, 0.4) is 0 Å². The number of rotatable bonds is 5. The minimum absolute atomic E-state index is 0.0919. The summed E-state index contributed by atoms with van der Waals surface area (Å²) in [5, 5.41) is 5.38. The Morgan fingerprint density at radius 1 is 1.27 bits per heavy atom. The number of nitrogens with one attached hydrogen (secondary N) is 1. The van der Waals surface area contributed by atoms with Gasteiger partial charge in [-0.3, -0.25) is 4.79 Å². The molecular formula is C18H27NO2S. The number of amides is 1. The van der Waals surface area contributed by atoms with Gasteiger partial charge < -0.3 is 10.1 Å². The number of carbonyl (C=O) groups excluding carboxylic acids is 1. The van der Waals surface area contributed by atoms with Crippen molar-refractivity contribution in [3.8, 4) is 0 Å². The van der Waals surface area contributed by atoms with Crippen LogP contribution in [-0.4, -0.2) is 25.7 Å². The molecule has 3 rings (SSSR count). The zero-order chi connectivity index (χ0) is 15.3. The molecule has 1 aromatic heterocycles. The quantitative estimate of drug-likeness (QED) is 0.893. The van der Waals surface area contributed by atoms with E-state index >= 15 is 0 Å². The Hall–Kier alpha value is -0.870. The molecule has 122 valence electrons. The third-order valence-electron chi connectivity index (χ3n) is 5.32. The Balaban J connectivity index is 1.56. The van der Waals surface area contributed by atoms with E-state index in [-0.39, 0.29) is 11.3 Å². The van der Waals surface area contributed by atoms with Crippen molar-refractivity contribution >= 4 is 17.2 Å². The van der Waals surface area contributed by atoms with E-state index in [4.69, 9.17) is 4.74 Å². The lowest BCUT2D eigenvalue weighted by Gasteiger charge is -2.36. The topological polar surface area (TPSA) is 38.3 Å². The van der Waals surface area contributed by atoms with Gasteiger partial charge in [-0.05, 0) is 43.0 Å². The Morgan fingerprint density at radius 3 is 2.73 bits per heavy atom. The van der Waals surface area contributed by atoms with E-state index in [0.29, 0.717) is 5.92 Å². The van der Waals surface area contributed by atoms with Crippen molar-refractivity contribution in [1.82, 2.24) is 5.32 Å². The number of ether oxygens (including phenoxy) is 1. The molecule has 1 saturated carbocycles. The van der Waals surface area contributed by atoms with Gasteiger partial charge in [0.1, 0.15) is 0 Å². The zero-order valence-electron chi connectivity index (χ0n) is 13.3. The molecule has 2 heterocycles. The van der Waals surface area contributed by atoms with E-state index in [1.54, 1.807) is 0 Å². The third kappa shape index (κ3) is 3.90. The van der Waals surface area contributed by atoms with Crippen LogP contribution < -0.4 is 5.32 Å². The SMILES string of the molecule is O=C(CC1CCCCC1)NCC1(c2cccs2)CCOCC1. The van der Waals surface area contributed by atoms with Crippen LogP contribution >= 0.6 is 11.3 Å². The molecule has 0 bridgehead atoms. The lowest BCUT2D eigenvalue weighted by Crippen LogP contribution is -2.44. The average Bonchev–Trinajstić information content (AvgIpc) is 3.10. The monoisotopic (exact) mass is 321 g/mol. The highest BCUT2D eigenvalue weighted by molar-refractivity contribution is 7.10.